The lowest BCUT2D eigenvalue weighted by Gasteiger charge is -2.09. The van der Waals surface area contributed by atoms with E-state index in [-0.39, 0.29) is 24.8 Å². The SMILES string of the molecule is CCN1CC[C@H](N)C1.Cl.Cl. The smallest absolute Gasteiger partial charge is 0.0180 e. The van der Waals surface area contributed by atoms with Crippen LogP contribution in [0.3, 0.4) is 0 Å². The Labute approximate surface area is 75.0 Å². The second-order valence-electron chi connectivity index (χ2n) is 2.44. The van der Waals surface area contributed by atoms with Crippen LogP contribution in [0.2, 0.25) is 0 Å². The summed E-state index contributed by atoms with van der Waals surface area (Å²) in [5.74, 6) is 0. The number of rotatable bonds is 1. The van der Waals surface area contributed by atoms with Crippen LogP contribution >= 0.6 is 24.8 Å². The van der Waals surface area contributed by atoms with Gasteiger partial charge in [-0.05, 0) is 19.5 Å². The van der Waals surface area contributed by atoms with E-state index in [1.54, 1.807) is 0 Å². The van der Waals surface area contributed by atoms with Gasteiger partial charge >= 0.3 is 0 Å². The lowest BCUT2D eigenvalue weighted by molar-refractivity contribution is 0.354. The van der Waals surface area contributed by atoms with Crippen molar-refractivity contribution in [2.45, 2.75) is 19.4 Å². The van der Waals surface area contributed by atoms with Crippen molar-refractivity contribution in [1.82, 2.24) is 4.90 Å². The Morgan fingerprint density at radius 1 is 1.50 bits per heavy atom. The van der Waals surface area contributed by atoms with Crippen molar-refractivity contribution in [1.29, 1.82) is 0 Å². The van der Waals surface area contributed by atoms with Gasteiger partial charge in [-0.25, -0.2) is 0 Å². The van der Waals surface area contributed by atoms with Gasteiger partial charge in [0.2, 0.25) is 0 Å². The van der Waals surface area contributed by atoms with Gasteiger partial charge in [-0.1, -0.05) is 6.92 Å². The first-order chi connectivity index (χ1) is 3.83. The zero-order chi connectivity index (χ0) is 5.98. The summed E-state index contributed by atoms with van der Waals surface area (Å²) in [4.78, 5) is 2.38. The molecule has 0 bridgehead atoms. The molecule has 4 heteroatoms. The van der Waals surface area contributed by atoms with Crippen LogP contribution in [0.4, 0.5) is 0 Å². The Bertz CT molecular complexity index is 80.1. The minimum atomic E-state index is 0. The first kappa shape index (κ1) is 13.1. The van der Waals surface area contributed by atoms with E-state index in [1.165, 1.54) is 13.0 Å². The van der Waals surface area contributed by atoms with Gasteiger partial charge in [0, 0.05) is 12.6 Å². The fraction of sp³-hybridized carbons (Fsp3) is 1.00. The van der Waals surface area contributed by atoms with Crippen molar-refractivity contribution in [2.24, 2.45) is 5.73 Å². The average molecular weight is 187 g/mol. The molecule has 1 aliphatic rings. The highest BCUT2D eigenvalue weighted by Gasteiger charge is 2.16. The molecule has 0 aliphatic carbocycles. The van der Waals surface area contributed by atoms with Gasteiger partial charge in [0.25, 0.3) is 0 Å². The van der Waals surface area contributed by atoms with Crippen LogP contribution in [0.5, 0.6) is 0 Å². The molecule has 0 radical (unpaired) electrons. The molecule has 0 saturated carbocycles. The number of nitrogens with zero attached hydrogens (tertiary/aromatic N) is 1. The summed E-state index contributed by atoms with van der Waals surface area (Å²) in [5, 5.41) is 0. The summed E-state index contributed by atoms with van der Waals surface area (Å²) < 4.78 is 0. The van der Waals surface area contributed by atoms with Crippen LogP contribution in [0.15, 0.2) is 0 Å². The Morgan fingerprint density at radius 2 is 2.10 bits per heavy atom. The third-order valence-corrected chi connectivity index (χ3v) is 1.76. The Balaban J connectivity index is 0. The summed E-state index contributed by atoms with van der Waals surface area (Å²) in [5.41, 5.74) is 5.66. The van der Waals surface area contributed by atoms with Gasteiger partial charge in [0.05, 0.1) is 0 Å². The zero-order valence-electron chi connectivity index (χ0n) is 6.25. The molecule has 1 saturated heterocycles. The van der Waals surface area contributed by atoms with E-state index in [9.17, 15) is 0 Å². The maximum Gasteiger partial charge on any atom is 0.0180 e. The van der Waals surface area contributed by atoms with Crippen LogP contribution in [0, 0.1) is 0 Å². The maximum atomic E-state index is 5.66. The highest BCUT2D eigenvalue weighted by Crippen LogP contribution is 2.04. The molecule has 0 aromatic heterocycles. The quantitative estimate of drug-likeness (QED) is 0.660. The lowest BCUT2D eigenvalue weighted by atomic mass is 10.3. The van der Waals surface area contributed by atoms with Gasteiger partial charge in [-0.2, -0.15) is 0 Å². The highest BCUT2D eigenvalue weighted by molar-refractivity contribution is 5.85. The van der Waals surface area contributed by atoms with E-state index < -0.39 is 0 Å². The number of nitrogens with two attached hydrogens (primary N) is 1. The maximum absolute atomic E-state index is 5.66. The van der Waals surface area contributed by atoms with E-state index in [1.807, 2.05) is 0 Å². The number of likely N-dealkylation sites (tertiary alicyclic amines) is 1. The lowest BCUT2D eigenvalue weighted by Crippen LogP contribution is -2.26. The number of likely N-dealkylation sites (N-methyl/N-ethyl adjacent to an activating group) is 1. The van der Waals surface area contributed by atoms with Crippen LogP contribution in [-0.4, -0.2) is 30.6 Å². The van der Waals surface area contributed by atoms with E-state index in [0.717, 1.165) is 13.1 Å². The summed E-state index contributed by atoms with van der Waals surface area (Å²) in [6.45, 7) is 5.65. The second-order valence-corrected chi connectivity index (χ2v) is 2.44. The van der Waals surface area contributed by atoms with E-state index in [4.69, 9.17) is 5.73 Å². The molecule has 1 atom stereocenters. The molecule has 2 nitrogen and oxygen atoms in total. The van der Waals surface area contributed by atoms with Gasteiger partial charge in [-0.3, -0.25) is 0 Å². The molecule has 1 fully saturated rings. The molecular weight excluding hydrogens is 171 g/mol. The van der Waals surface area contributed by atoms with Crippen molar-refractivity contribution >= 4 is 24.8 Å². The summed E-state index contributed by atoms with van der Waals surface area (Å²) >= 11 is 0. The molecule has 0 spiro atoms. The van der Waals surface area contributed by atoms with Gasteiger partial charge < -0.3 is 10.6 Å². The third kappa shape index (κ3) is 3.62. The largest absolute Gasteiger partial charge is 0.326 e. The van der Waals surface area contributed by atoms with E-state index in [0.29, 0.717) is 6.04 Å². The summed E-state index contributed by atoms with van der Waals surface area (Å²) in [7, 11) is 0. The molecule has 0 aromatic carbocycles. The monoisotopic (exact) mass is 186 g/mol. The van der Waals surface area contributed by atoms with Crippen molar-refractivity contribution in [3.8, 4) is 0 Å². The summed E-state index contributed by atoms with van der Waals surface area (Å²) in [6, 6.07) is 0.454. The molecule has 0 unspecified atom stereocenters. The van der Waals surface area contributed by atoms with E-state index >= 15 is 0 Å². The second kappa shape index (κ2) is 6.23. The number of hydrogen-bond donors (Lipinski definition) is 1. The van der Waals surface area contributed by atoms with Crippen LogP contribution < -0.4 is 5.73 Å². The highest BCUT2D eigenvalue weighted by atomic mass is 35.5. The average Bonchev–Trinajstić information content (AvgIpc) is 2.14. The Hall–Kier alpha value is 0.500. The van der Waals surface area contributed by atoms with Crippen molar-refractivity contribution in [2.75, 3.05) is 19.6 Å². The number of hydrogen-bond acceptors (Lipinski definition) is 2. The van der Waals surface area contributed by atoms with Crippen molar-refractivity contribution < 1.29 is 0 Å². The molecule has 10 heavy (non-hydrogen) atoms. The fourth-order valence-electron chi connectivity index (χ4n) is 1.15. The summed E-state index contributed by atoms with van der Waals surface area (Å²) in [6.07, 6.45) is 1.19. The molecule has 0 aromatic rings. The topological polar surface area (TPSA) is 29.3 Å². The molecule has 1 aliphatic heterocycles. The van der Waals surface area contributed by atoms with Crippen LogP contribution in [-0.2, 0) is 0 Å². The molecule has 64 valence electrons. The predicted molar refractivity (Wildman–Crippen MR) is 49.2 cm³/mol. The number of halogens is 2. The Kier molecular flexibility index (Phi) is 8.17. The normalized spacial score (nSPS) is 25.2. The molecular formula is C6H16Cl2N2. The molecule has 2 N–H and O–H groups in total. The van der Waals surface area contributed by atoms with Gasteiger partial charge in [0.1, 0.15) is 0 Å². The minimum Gasteiger partial charge on any atom is -0.326 e. The van der Waals surface area contributed by atoms with Crippen LogP contribution in [0.1, 0.15) is 13.3 Å². The standard InChI is InChI=1S/C6H14N2.2ClH/c1-2-8-4-3-6(7)5-8;;/h6H,2-5,7H2,1H3;2*1H/t6-;;/m0../s1. The van der Waals surface area contributed by atoms with Crippen molar-refractivity contribution in [3.05, 3.63) is 0 Å². The minimum absolute atomic E-state index is 0. The van der Waals surface area contributed by atoms with Gasteiger partial charge in [0.15, 0.2) is 0 Å². The first-order valence-corrected chi connectivity index (χ1v) is 3.31. The van der Waals surface area contributed by atoms with E-state index in [2.05, 4.69) is 11.8 Å². The molecule has 0 amide bonds. The van der Waals surface area contributed by atoms with Crippen molar-refractivity contribution in [3.63, 3.8) is 0 Å². The van der Waals surface area contributed by atoms with Gasteiger partial charge in [-0.15, -0.1) is 24.8 Å². The third-order valence-electron chi connectivity index (χ3n) is 1.76. The fourth-order valence-corrected chi connectivity index (χ4v) is 1.15. The first-order valence-electron chi connectivity index (χ1n) is 3.31. The van der Waals surface area contributed by atoms with Crippen LogP contribution in [0.25, 0.3) is 0 Å². The Morgan fingerprint density at radius 3 is 2.30 bits per heavy atom. The molecule has 1 heterocycles. The zero-order valence-corrected chi connectivity index (χ0v) is 7.88. The molecule has 1 rings (SSSR count). The predicted octanol–water partition coefficient (Wildman–Crippen LogP) is 0.883.